The van der Waals surface area contributed by atoms with Crippen molar-refractivity contribution in [1.82, 2.24) is 0 Å². The average molecular weight is 400 g/mol. The molecular formula is C22H19Cl2NO2. The molecule has 0 unspecified atom stereocenters. The normalized spacial score (nSPS) is 11.7. The zero-order chi connectivity index (χ0) is 19.4. The van der Waals surface area contributed by atoms with Gasteiger partial charge in [-0.2, -0.15) is 0 Å². The SMILES string of the molecule is Cc1ccc(C)c(NC(=O)[C@@H](Oc2ccc(Cl)cc2Cl)c2ccccc2)c1. The van der Waals surface area contributed by atoms with Crippen LogP contribution in [0, 0.1) is 13.8 Å². The first-order valence-electron chi connectivity index (χ1n) is 8.49. The summed E-state index contributed by atoms with van der Waals surface area (Å²) in [6.45, 7) is 3.93. The maximum absolute atomic E-state index is 13.1. The van der Waals surface area contributed by atoms with Gasteiger partial charge < -0.3 is 10.1 Å². The van der Waals surface area contributed by atoms with Crippen LogP contribution in [0.5, 0.6) is 5.75 Å². The molecule has 0 aliphatic carbocycles. The van der Waals surface area contributed by atoms with Crippen LogP contribution in [-0.2, 0) is 4.79 Å². The van der Waals surface area contributed by atoms with E-state index in [0.29, 0.717) is 15.8 Å². The molecule has 0 bridgehead atoms. The molecule has 3 aromatic carbocycles. The van der Waals surface area contributed by atoms with Gasteiger partial charge in [0.15, 0.2) is 0 Å². The fourth-order valence-corrected chi connectivity index (χ4v) is 3.12. The van der Waals surface area contributed by atoms with Gasteiger partial charge in [-0.1, -0.05) is 65.7 Å². The summed E-state index contributed by atoms with van der Waals surface area (Å²) in [6, 6.07) is 20.1. The van der Waals surface area contributed by atoms with Crippen molar-refractivity contribution in [2.75, 3.05) is 5.32 Å². The van der Waals surface area contributed by atoms with Crippen molar-refractivity contribution in [2.24, 2.45) is 0 Å². The summed E-state index contributed by atoms with van der Waals surface area (Å²) >= 11 is 12.2. The van der Waals surface area contributed by atoms with Crippen LogP contribution < -0.4 is 10.1 Å². The van der Waals surface area contributed by atoms with E-state index >= 15 is 0 Å². The van der Waals surface area contributed by atoms with Crippen LogP contribution in [-0.4, -0.2) is 5.91 Å². The maximum atomic E-state index is 13.1. The zero-order valence-corrected chi connectivity index (χ0v) is 16.5. The highest BCUT2D eigenvalue weighted by molar-refractivity contribution is 6.35. The Labute approximate surface area is 168 Å². The molecule has 0 aliphatic rings. The smallest absolute Gasteiger partial charge is 0.270 e. The zero-order valence-electron chi connectivity index (χ0n) is 15.0. The fourth-order valence-electron chi connectivity index (χ4n) is 2.67. The van der Waals surface area contributed by atoms with E-state index in [0.717, 1.165) is 22.4 Å². The van der Waals surface area contributed by atoms with Crippen LogP contribution in [0.25, 0.3) is 0 Å². The highest BCUT2D eigenvalue weighted by Crippen LogP contribution is 2.32. The number of rotatable bonds is 5. The lowest BCUT2D eigenvalue weighted by Crippen LogP contribution is -2.26. The molecule has 1 amide bonds. The van der Waals surface area contributed by atoms with Crippen LogP contribution in [0.3, 0.4) is 0 Å². The Morgan fingerprint density at radius 1 is 0.963 bits per heavy atom. The molecule has 5 heteroatoms. The van der Waals surface area contributed by atoms with E-state index in [1.165, 1.54) is 0 Å². The van der Waals surface area contributed by atoms with Gasteiger partial charge in [0.25, 0.3) is 5.91 Å². The minimum Gasteiger partial charge on any atom is -0.474 e. The summed E-state index contributed by atoms with van der Waals surface area (Å²) in [6.07, 6.45) is -0.857. The summed E-state index contributed by atoms with van der Waals surface area (Å²) < 4.78 is 5.99. The van der Waals surface area contributed by atoms with Crippen LogP contribution in [0.15, 0.2) is 66.7 Å². The van der Waals surface area contributed by atoms with Gasteiger partial charge >= 0.3 is 0 Å². The summed E-state index contributed by atoms with van der Waals surface area (Å²) in [5.41, 5.74) is 3.53. The molecule has 0 heterocycles. The molecule has 3 rings (SSSR count). The largest absolute Gasteiger partial charge is 0.474 e. The topological polar surface area (TPSA) is 38.3 Å². The number of ether oxygens (including phenoxy) is 1. The minimum atomic E-state index is -0.857. The van der Waals surface area contributed by atoms with Gasteiger partial charge in [0.2, 0.25) is 6.10 Å². The second-order valence-corrected chi connectivity index (χ2v) is 7.13. The van der Waals surface area contributed by atoms with Gasteiger partial charge in [0, 0.05) is 16.3 Å². The third-order valence-corrected chi connectivity index (χ3v) is 4.66. The van der Waals surface area contributed by atoms with E-state index < -0.39 is 6.10 Å². The number of carbonyl (C=O) groups is 1. The van der Waals surface area contributed by atoms with E-state index in [2.05, 4.69) is 5.32 Å². The molecule has 0 aromatic heterocycles. The van der Waals surface area contributed by atoms with Crippen molar-refractivity contribution in [1.29, 1.82) is 0 Å². The van der Waals surface area contributed by atoms with Crippen LogP contribution >= 0.6 is 23.2 Å². The predicted octanol–water partition coefficient (Wildman–Crippen LogP) is 6.37. The highest BCUT2D eigenvalue weighted by Gasteiger charge is 2.24. The van der Waals surface area contributed by atoms with Crippen LogP contribution in [0.4, 0.5) is 5.69 Å². The summed E-state index contributed by atoms with van der Waals surface area (Å²) in [5.74, 6) is 0.118. The molecule has 0 fully saturated rings. The third-order valence-electron chi connectivity index (χ3n) is 4.13. The number of hydrogen-bond donors (Lipinski definition) is 1. The predicted molar refractivity (Wildman–Crippen MR) is 111 cm³/mol. The van der Waals surface area contributed by atoms with Gasteiger partial charge in [0.1, 0.15) is 5.75 Å². The van der Waals surface area contributed by atoms with E-state index in [-0.39, 0.29) is 5.91 Å². The number of aryl methyl sites for hydroxylation is 2. The third kappa shape index (κ3) is 4.82. The van der Waals surface area contributed by atoms with Crippen molar-refractivity contribution in [3.63, 3.8) is 0 Å². The van der Waals surface area contributed by atoms with Gasteiger partial charge in [-0.05, 0) is 49.2 Å². The molecule has 138 valence electrons. The average Bonchev–Trinajstić information content (AvgIpc) is 2.64. The maximum Gasteiger partial charge on any atom is 0.270 e. The molecule has 0 saturated carbocycles. The van der Waals surface area contributed by atoms with Crippen molar-refractivity contribution in [3.8, 4) is 5.75 Å². The Bertz CT molecular complexity index is 958. The van der Waals surface area contributed by atoms with E-state index in [4.69, 9.17) is 27.9 Å². The number of carbonyl (C=O) groups excluding carboxylic acids is 1. The molecule has 0 saturated heterocycles. The van der Waals surface area contributed by atoms with Crippen LogP contribution in [0.1, 0.15) is 22.8 Å². The first kappa shape index (κ1) is 19.3. The van der Waals surface area contributed by atoms with Crippen LogP contribution in [0.2, 0.25) is 10.0 Å². The molecule has 3 aromatic rings. The Hall–Kier alpha value is -2.49. The number of halogens is 2. The number of benzene rings is 3. The lowest BCUT2D eigenvalue weighted by atomic mass is 10.1. The lowest BCUT2D eigenvalue weighted by molar-refractivity contribution is -0.123. The number of anilines is 1. The Morgan fingerprint density at radius 3 is 2.41 bits per heavy atom. The molecule has 0 aliphatic heterocycles. The second-order valence-electron chi connectivity index (χ2n) is 6.29. The van der Waals surface area contributed by atoms with Gasteiger partial charge in [0.05, 0.1) is 5.02 Å². The first-order valence-corrected chi connectivity index (χ1v) is 9.24. The molecule has 1 N–H and O–H groups in total. The molecular weight excluding hydrogens is 381 g/mol. The van der Waals surface area contributed by atoms with Crippen molar-refractivity contribution >= 4 is 34.8 Å². The minimum absolute atomic E-state index is 0.277. The summed E-state index contributed by atoms with van der Waals surface area (Å²) in [5, 5.41) is 3.82. The van der Waals surface area contributed by atoms with E-state index in [1.54, 1.807) is 18.2 Å². The van der Waals surface area contributed by atoms with Crippen molar-refractivity contribution in [3.05, 3.63) is 93.5 Å². The van der Waals surface area contributed by atoms with Crippen molar-refractivity contribution < 1.29 is 9.53 Å². The Balaban J connectivity index is 1.92. The highest BCUT2D eigenvalue weighted by atomic mass is 35.5. The quantitative estimate of drug-likeness (QED) is 0.541. The molecule has 0 spiro atoms. The Kier molecular flexibility index (Phi) is 6.04. The lowest BCUT2D eigenvalue weighted by Gasteiger charge is -2.20. The standard InChI is InChI=1S/C22H19Cl2NO2/c1-14-8-9-15(2)19(12-14)25-22(26)21(16-6-4-3-5-7-16)27-20-11-10-17(23)13-18(20)24/h3-13,21H,1-2H3,(H,25,26)/t21-/m0/s1. The van der Waals surface area contributed by atoms with Crippen molar-refractivity contribution in [2.45, 2.75) is 20.0 Å². The molecule has 1 atom stereocenters. The monoisotopic (exact) mass is 399 g/mol. The first-order chi connectivity index (χ1) is 12.9. The fraction of sp³-hybridized carbons (Fsp3) is 0.136. The molecule has 0 radical (unpaired) electrons. The second kappa shape index (κ2) is 8.47. The summed E-state index contributed by atoms with van der Waals surface area (Å²) in [4.78, 5) is 13.1. The number of amides is 1. The van der Waals surface area contributed by atoms with E-state index in [9.17, 15) is 4.79 Å². The van der Waals surface area contributed by atoms with Gasteiger partial charge in [-0.3, -0.25) is 4.79 Å². The number of nitrogens with one attached hydrogen (secondary N) is 1. The van der Waals surface area contributed by atoms with Gasteiger partial charge in [-0.15, -0.1) is 0 Å². The number of hydrogen-bond acceptors (Lipinski definition) is 2. The summed E-state index contributed by atoms with van der Waals surface area (Å²) in [7, 11) is 0. The Morgan fingerprint density at radius 2 is 1.70 bits per heavy atom. The van der Waals surface area contributed by atoms with E-state index in [1.807, 2.05) is 62.4 Å². The molecule has 3 nitrogen and oxygen atoms in total. The van der Waals surface area contributed by atoms with Gasteiger partial charge in [-0.25, -0.2) is 0 Å². The molecule has 27 heavy (non-hydrogen) atoms.